The van der Waals surface area contributed by atoms with Gasteiger partial charge in [0.05, 0.1) is 16.8 Å². The van der Waals surface area contributed by atoms with Gasteiger partial charge in [-0.15, -0.1) is 11.3 Å². The lowest BCUT2D eigenvalue weighted by Gasteiger charge is -2.32. The molecule has 1 aliphatic heterocycles. The number of fused-ring (bicyclic) bond motifs is 1. The molecule has 8 heteroatoms. The number of hydrogen-bond donors (Lipinski definition) is 0. The lowest BCUT2D eigenvalue weighted by Crippen LogP contribution is -2.46. The standard InChI is InChI=1S/C16H21N3O3S2/c1-17-6-8-19(9-7-17)16(20)15-11-12-10-13(4-5-14(12)23-15)18(2)24(3,21)22/h4-5,10-11H,6-9H2,1-3H3. The van der Waals surface area contributed by atoms with Gasteiger partial charge in [0.1, 0.15) is 0 Å². The van der Waals surface area contributed by atoms with Crippen molar-refractivity contribution < 1.29 is 13.2 Å². The van der Waals surface area contributed by atoms with Crippen LogP contribution < -0.4 is 4.31 Å². The Kier molecular flexibility index (Phi) is 4.54. The van der Waals surface area contributed by atoms with E-state index in [4.69, 9.17) is 0 Å². The van der Waals surface area contributed by atoms with E-state index in [2.05, 4.69) is 11.9 Å². The lowest BCUT2D eigenvalue weighted by atomic mass is 10.2. The molecule has 1 aromatic heterocycles. The van der Waals surface area contributed by atoms with Gasteiger partial charge in [-0.1, -0.05) is 0 Å². The number of thiophene rings is 1. The van der Waals surface area contributed by atoms with E-state index in [1.54, 1.807) is 6.07 Å². The molecule has 0 spiro atoms. The van der Waals surface area contributed by atoms with Crippen LogP contribution in [-0.4, -0.2) is 70.7 Å². The Morgan fingerprint density at radius 2 is 1.83 bits per heavy atom. The monoisotopic (exact) mass is 367 g/mol. The quantitative estimate of drug-likeness (QED) is 0.828. The molecule has 1 saturated heterocycles. The van der Waals surface area contributed by atoms with Crippen molar-refractivity contribution in [2.75, 3.05) is 50.8 Å². The number of sulfonamides is 1. The zero-order valence-corrected chi connectivity index (χ0v) is 15.7. The minimum atomic E-state index is -3.30. The third-order valence-corrected chi connectivity index (χ3v) is 6.67. The van der Waals surface area contributed by atoms with Gasteiger partial charge in [0.25, 0.3) is 5.91 Å². The number of anilines is 1. The molecule has 0 N–H and O–H groups in total. The number of piperazine rings is 1. The van der Waals surface area contributed by atoms with Gasteiger partial charge < -0.3 is 9.80 Å². The van der Waals surface area contributed by atoms with E-state index in [0.29, 0.717) is 10.6 Å². The third-order valence-electron chi connectivity index (χ3n) is 4.36. The van der Waals surface area contributed by atoms with Crippen LogP contribution in [0, 0.1) is 0 Å². The van der Waals surface area contributed by atoms with Gasteiger partial charge in [0.2, 0.25) is 10.0 Å². The van der Waals surface area contributed by atoms with Crippen molar-refractivity contribution in [3.8, 4) is 0 Å². The number of nitrogens with zero attached hydrogens (tertiary/aromatic N) is 3. The average molecular weight is 367 g/mol. The molecule has 1 fully saturated rings. The van der Waals surface area contributed by atoms with Crippen LogP contribution >= 0.6 is 11.3 Å². The van der Waals surface area contributed by atoms with Gasteiger partial charge in [0.15, 0.2) is 0 Å². The number of benzene rings is 1. The fourth-order valence-corrected chi connectivity index (χ4v) is 4.20. The summed E-state index contributed by atoms with van der Waals surface area (Å²) in [4.78, 5) is 17.5. The molecule has 0 saturated carbocycles. The van der Waals surface area contributed by atoms with Crippen molar-refractivity contribution in [3.05, 3.63) is 29.1 Å². The molecule has 0 aliphatic carbocycles. The molecule has 2 heterocycles. The Hall–Kier alpha value is -1.64. The molecule has 1 aliphatic rings. The number of hydrogen-bond acceptors (Lipinski definition) is 5. The van der Waals surface area contributed by atoms with E-state index in [9.17, 15) is 13.2 Å². The molecule has 0 radical (unpaired) electrons. The second-order valence-electron chi connectivity index (χ2n) is 6.16. The predicted octanol–water partition coefficient (Wildman–Crippen LogP) is 1.68. The molecular formula is C16H21N3O3S2. The second-order valence-corrected chi connectivity index (χ2v) is 9.26. The molecule has 1 amide bonds. The first kappa shape index (κ1) is 17.2. The van der Waals surface area contributed by atoms with Crippen LogP contribution in [0.2, 0.25) is 0 Å². The van der Waals surface area contributed by atoms with Crippen molar-refractivity contribution in [3.63, 3.8) is 0 Å². The van der Waals surface area contributed by atoms with Gasteiger partial charge in [0, 0.05) is 37.9 Å². The van der Waals surface area contributed by atoms with Crippen molar-refractivity contribution >= 4 is 43.0 Å². The molecule has 24 heavy (non-hydrogen) atoms. The van der Waals surface area contributed by atoms with E-state index in [0.717, 1.165) is 36.3 Å². The minimum absolute atomic E-state index is 0.0577. The molecule has 130 valence electrons. The summed E-state index contributed by atoms with van der Waals surface area (Å²) in [6.45, 7) is 3.26. The summed E-state index contributed by atoms with van der Waals surface area (Å²) in [5, 5.41) is 0.894. The lowest BCUT2D eigenvalue weighted by molar-refractivity contribution is 0.0669. The Balaban J connectivity index is 1.87. The van der Waals surface area contributed by atoms with E-state index in [-0.39, 0.29) is 5.91 Å². The largest absolute Gasteiger partial charge is 0.335 e. The van der Waals surface area contributed by atoms with Gasteiger partial charge >= 0.3 is 0 Å². The summed E-state index contributed by atoms with van der Waals surface area (Å²) in [5.74, 6) is 0.0577. The fraction of sp³-hybridized carbons (Fsp3) is 0.438. The van der Waals surface area contributed by atoms with Crippen molar-refractivity contribution in [2.24, 2.45) is 0 Å². The molecule has 1 aromatic carbocycles. The van der Waals surface area contributed by atoms with E-state index in [1.165, 1.54) is 28.9 Å². The van der Waals surface area contributed by atoms with Crippen LogP contribution in [0.3, 0.4) is 0 Å². The summed E-state index contributed by atoms with van der Waals surface area (Å²) < 4.78 is 25.6. The molecule has 0 atom stereocenters. The number of likely N-dealkylation sites (N-methyl/N-ethyl adjacent to an activating group) is 1. The maximum absolute atomic E-state index is 12.7. The highest BCUT2D eigenvalue weighted by Gasteiger charge is 2.22. The van der Waals surface area contributed by atoms with Crippen LogP contribution in [0.25, 0.3) is 10.1 Å². The van der Waals surface area contributed by atoms with Crippen LogP contribution in [-0.2, 0) is 10.0 Å². The van der Waals surface area contributed by atoms with Crippen LogP contribution in [0.4, 0.5) is 5.69 Å². The van der Waals surface area contributed by atoms with Crippen LogP contribution in [0.1, 0.15) is 9.67 Å². The third kappa shape index (κ3) is 3.40. The summed E-state index contributed by atoms with van der Waals surface area (Å²) in [5.41, 5.74) is 0.599. The molecule has 2 aromatic rings. The van der Waals surface area contributed by atoms with Crippen LogP contribution in [0.5, 0.6) is 0 Å². The number of amides is 1. The Labute approximate surface area is 146 Å². The van der Waals surface area contributed by atoms with Crippen molar-refractivity contribution in [2.45, 2.75) is 0 Å². The maximum Gasteiger partial charge on any atom is 0.264 e. The first-order chi connectivity index (χ1) is 11.3. The minimum Gasteiger partial charge on any atom is -0.335 e. The number of carbonyl (C=O) groups is 1. The smallest absolute Gasteiger partial charge is 0.264 e. The predicted molar refractivity (Wildman–Crippen MR) is 98.5 cm³/mol. The number of carbonyl (C=O) groups excluding carboxylic acids is 1. The zero-order valence-electron chi connectivity index (χ0n) is 14.0. The Morgan fingerprint density at radius 1 is 1.17 bits per heavy atom. The van der Waals surface area contributed by atoms with Gasteiger partial charge in [-0.25, -0.2) is 8.42 Å². The molecule has 0 unspecified atom stereocenters. The number of rotatable bonds is 3. The first-order valence-corrected chi connectivity index (χ1v) is 10.4. The zero-order chi connectivity index (χ0) is 17.5. The van der Waals surface area contributed by atoms with E-state index in [1.807, 2.05) is 23.1 Å². The van der Waals surface area contributed by atoms with Gasteiger partial charge in [-0.05, 0) is 36.7 Å². The highest BCUT2D eigenvalue weighted by molar-refractivity contribution is 7.92. The SMILES string of the molecule is CN1CCN(C(=O)c2cc3cc(N(C)S(C)(=O)=O)ccc3s2)CC1. The van der Waals surface area contributed by atoms with Gasteiger partial charge in [-0.2, -0.15) is 0 Å². The highest BCUT2D eigenvalue weighted by Crippen LogP contribution is 2.30. The molecule has 3 rings (SSSR count). The van der Waals surface area contributed by atoms with Crippen molar-refractivity contribution in [1.82, 2.24) is 9.80 Å². The highest BCUT2D eigenvalue weighted by atomic mass is 32.2. The maximum atomic E-state index is 12.7. The Bertz CT molecular complexity index is 868. The second kappa shape index (κ2) is 6.34. The molecular weight excluding hydrogens is 346 g/mol. The summed E-state index contributed by atoms with van der Waals surface area (Å²) in [6.07, 6.45) is 1.17. The van der Waals surface area contributed by atoms with E-state index < -0.39 is 10.0 Å². The first-order valence-electron chi connectivity index (χ1n) is 7.71. The summed E-state index contributed by atoms with van der Waals surface area (Å²) in [6, 6.07) is 7.32. The van der Waals surface area contributed by atoms with Crippen molar-refractivity contribution in [1.29, 1.82) is 0 Å². The summed E-state index contributed by atoms with van der Waals surface area (Å²) >= 11 is 1.45. The normalized spacial score (nSPS) is 16.5. The fourth-order valence-electron chi connectivity index (χ4n) is 2.69. The molecule has 6 nitrogen and oxygen atoms in total. The summed E-state index contributed by atoms with van der Waals surface area (Å²) in [7, 11) is 0.284. The Morgan fingerprint density at radius 3 is 2.46 bits per heavy atom. The topological polar surface area (TPSA) is 60.9 Å². The molecule has 0 bridgehead atoms. The van der Waals surface area contributed by atoms with Crippen LogP contribution in [0.15, 0.2) is 24.3 Å². The van der Waals surface area contributed by atoms with Gasteiger partial charge in [-0.3, -0.25) is 9.10 Å². The van der Waals surface area contributed by atoms with E-state index >= 15 is 0 Å². The average Bonchev–Trinajstić information content (AvgIpc) is 2.96.